The molecule has 1 N–H and O–H groups in total. The Morgan fingerprint density at radius 1 is 1.15 bits per heavy atom. The van der Waals surface area contributed by atoms with Crippen molar-refractivity contribution in [3.63, 3.8) is 0 Å². The molecule has 0 aromatic heterocycles. The zero-order valence-corrected chi connectivity index (χ0v) is 12.8. The van der Waals surface area contributed by atoms with Crippen LogP contribution in [0.4, 0.5) is 14.5 Å². The summed E-state index contributed by atoms with van der Waals surface area (Å²) in [4.78, 5) is 0.622. The first-order chi connectivity index (χ1) is 9.67. The normalized spacial score (nSPS) is 23.0. The maximum atomic E-state index is 12.2. The van der Waals surface area contributed by atoms with Crippen molar-refractivity contribution in [2.75, 3.05) is 5.32 Å². The van der Waals surface area contributed by atoms with E-state index in [-0.39, 0.29) is 0 Å². The van der Waals surface area contributed by atoms with E-state index in [1.165, 1.54) is 38.5 Å². The highest BCUT2D eigenvalue weighted by atomic mass is 32.2. The number of hydrogen-bond acceptors (Lipinski definition) is 2. The highest BCUT2D eigenvalue weighted by Crippen LogP contribution is 2.30. The van der Waals surface area contributed by atoms with Gasteiger partial charge in [-0.3, -0.25) is 0 Å². The van der Waals surface area contributed by atoms with Crippen molar-refractivity contribution in [3.8, 4) is 0 Å². The lowest BCUT2D eigenvalue weighted by atomic mass is 9.83. The van der Waals surface area contributed by atoms with E-state index in [0.717, 1.165) is 11.6 Å². The number of halogens is 2. The Hall–Kier alpha value is -0.770. The molecule has 1 aromatic rings. The molecule has 1 fully saturated rings. The molecule has 0 radical (unpaired) electrons. The minimum absolute atomic E-state index is 0.539. The van der Waals surface area contributed by atoms with Crippen LogP contribution in [0.25, 0.3) is 0 Å². The van der Waals surface area contributed by atoms with Crippen molar-refractivity contribution in [1.29, 1.82) is 0 Å². The molecule has 1 aliphatic carbocycles. The molecule has 0 unspecified atom stereocenters. The minimum atomic E-state index is -2.34. The van der Waals surface area contributed by atoms with Gasteiger partial charge in [0.25, 0.3) is 5.76 Å². The monoisotopic (exact) mass is 299 g/mol. The Balaban J connectivity index is 1.79. The van der Waals surface area contributed by atoms with Crippen LogP contribution in [0.15, 0.2) is 29.2 Å². The predicted molar refractivity (Wildman–Crippen MR) is 82.6 cm³/mol. The standard InChI is InChI=1S/C16H23F2NS/c1-2-3-12-4-6-13(7-5-12)19-14-8-10-15(11-9-14)20-16(17)18/h8-13,16,19H,2-7H2,1H3. The van der Waals surface area contributed by atoms with Gasteiger partial charge in [-0.05, 0) is 55.9 Å². The summed E-state index contributed by atoms with van der Waals surface area (Å²) in [5.74, 6) is -1.44. The summed E-state index contributed by atoms with van der Waals surface area (Å²) in [7, 11) is 0. The number of thioether (sulfide) groups is 1. The van der Waals surface area contributed by atoms with Crippen LogP contribution in [0.2, 0.25) is 0 Å². The lowest BCUT2D eigenvalue weighted by Gasteiger charge is -2.29. The fraction of sp³-hybridized carbons (Fsp3) is 0.625. The topological polar surface area (TPSA) is 12.0 Å². The molecule has 1 aliphatic rings. The lowest BCUT2D eigenvalue weighted by Crippen LogP contribution is -2.26. The van der Waals surface area contributed by atoms with Crippen molar-refractivity contribution in [3.05, 3.63) is 24.3 Å². The smallest absolute Gasteiger partial charge is 0.288 e. The number of anilines is 1. The van der Waals surface area contributed by atoms with Crippen molar-refractivity contribution < 1.29 is 8.78 Å². The van der Waals surface area contributed by atoms with Crippen LogP contribution < -0.4 is 5.32 Å². The second-order valence-corrected chi connectivity index (χ2v) is 6.62. The summed E-state index contributed by atoms with van der Waals surface area (Å²) in [6.45, 7) is 2.25. The van der Waals surface area contributed by atoms with Crippen molar-refractivity contribution >= 4 is 17.4 Å². The summed E-state index contributed by atoms with van der Waals surface area (Å²) in [6, 6.07) is 7.88. The van der Waals surface area contributed by atoms with E-state index < -0.39 is 5.76 Å². The van der Waals surface area contributed by atoms with Gasteiger partial charge in [0, 0.05) is 16.6 Å². The molecular formula is C16H23F2NS. The molecular weight excluding hydrogens is 276 g/mol. The van der Waals surface area contributed by atoms with Crippen molar-refractivity contribution in [1.82, 2.24) is 0 Å². The molecule has 0 heterocycles. The van der Waals surface area contributed by atoms with E-state index in [9.17, 15) is 8.78 Å². The average Bonchev–Trinajstić information content (AvgIpc) is 2.43. The van der Waals surface area contributed by atoms with Gasteiger partial charge in [-0.1, -0.05) is 31.5 Å². The second kappa shape index (κ2) is 7.87. The summed E-state index contributed by atoms with van der Waals surface area (Å²) >= 11 is 0.598. The van der Waals surface area contributed by atoms with Crippen LogP contribution in [-0.2, 0) is 0 Å². The van der Waals surface area contributed by atoms with Gasteiger partial charge in [0.2, 0.25) is 0 Å². The summed E-state index contributed by atoms with van der Waals surface area (Å²) in [6.07, 6.45) is 7.70. The third-order valence-electron chi connectivity index (χ3n) is 3.99. The van der Waals surface area contributed by atoms with Gasteiger partial charge in [-0.25, -0.2) is 0 Å². The summed E-state index contributed by atoms with van der Waals surface area (Å²) < 4.78 is 24.5. The molecule has 0 bridgehead atoms. The molecule has 2 rings (SSSR count). The molecule has 0 amide bonds. The molecule has 0 saturated heterocycles. The van der Waals surface area contributed by atoms with Crippen LogP contribution in [-0.4, -0.2) is 11.8 Å². The van der Waals surface area contributed by atoms with Gasteiger partial charge >= 0.3 is 0 Å². The zero-order chi connectivity index (χ0) is 14.4. The number of benzene rings is 1. The highest BCUT2D eigenvalue weighted by molar-refractivity contribution is 7.99. The zero-order valence-electron chi connectivity index (χ0n) is 11.9. The first kappa shape index (κ1) is 15.6. The number of nitrogens with one attached hydrogen (secondary N) is 1. The SMILES string of the molecule is CCCC1CCC(Nc2ccc(SC(F)F)cc2)CC1. The Labute approximate surface area is 124 Å². The Bertz CT molecular complexity index is 386. The minimum Gasteiger partial charge on any atom is -0.382 e. The average molecular weight is 299 g/mol. The van der Waals surface area contributed by atoms with Crippen molar-refractivity contribution in [2.24, 2.45) is 5.92 Å². The third kappa shape index (κ3) is 4.97. The summed E-state index contributed by atoms with van der Waals surface area (Å²) in [5.41, 5.74) is 1.04. The predicted octanol–water partition coefficient (Wildman–Crippen LogP) is 5.77. The van der Waals surface area contributed by atoms with E-state index in [1.807, 2.05) is 12.1 Å². The molecule has 0 aliphatic heterocycles. The quantitative estimate of drug-likeness (QED) is 0.669. The first-order valence-electron chi connectivity index (χ1n) is 7.48. The van der Waals surface area contributed by atoms with Gasteiger partial charge in [0.15, 0.2) is 0 Å². The Kier molecular flexibility index (Phi) is 6.14. The van der Waals surface area contributed by atoms with Gasteiger partial charge < -0.3 is 5.32 Å². The molecule has 0 spiro atoms. The fourth-order valence-corrected chi connectivity index (χ4v) is 3.47. The fourth-order valence-electron chi connectivity index (χ4n) is 2.97. The first-order valence-corrected chi connectivity index (χ1v) is 8.36. The van der Waals surface area contributed by atoms with Gasteiger partial charge in [-0.2, -0.15) is 8.78 Å². The van der Waals surface area contributed by atoms with E-state index in [2.05, 4.69) is 12.2 Å². The maximum Gasteiger partial charge on any atom is 0.288 e. The summed E-state index contributed by atoms with van der Waals surface area (Å²) in [5, 5.41) is 3.53. The van der Waals surface area contributed by atoms with Crippen LogP contribution >= 0.6 is 11.8 Å². The molecule has 112 valence electrons. The molecule has 1 saturated carbocycles. The Morgan fingerprint density at radius 3 is 2.35 bits per heavy atom. The molecule has 1 nitrogen and oxygen atoms in total. The van der Waals surface area contributed by atoms with E-state index in [1.54, 1.807) is 12.1 Å². The maximum absolute atomic E-state index is 12.2. The number of hydrogen-bond donors (Lipinski definition) is 1. The van der Waals surface area contributed by atoms with Gasteiger partial charge in [0.1, 0.15) is 0 Å². The molecule has 1 aromatic carbocycles. The highest BCUT2D eigenvalue weighted by Gasteiger charge is 2.20. The van der Waals surface area contributed by atoms with Crippen LogP contribution in [0.5, 0.6) is 0 Å². The van der Waals surface area contributed by atoms with E-state index in [4.69, 9.17) is 0 Å². The van der Waals surface area contributed by atoms with Crippen LogP contribution in [0.1, 0.15) is 45.4 Å². The van der Waals surface area contributed by atoms with E-state index >= 15 is 0 Å². The second-order valence-electron chi connectivity index (χ2n) is 5.55. The van der Waals surface area contributed by atoms with Crippen molar-refractivity contribution in [2.45, 2.75) is 62.1 Å². The van der Waals surface area contributed by atoms with Crippen LogP contribution in [0.3, 0.4) is 0 Å². The lowest BCUT2D eigenvalue weighted by molar-refractivity contribution is 0.252. The Morgan fingerprint density at radius 2 is 1.80 bits per heavy atom. The van der Waals surface area contributed by atoms with E-state index in [0.29, 0.717) is 22.7 Å². The largest absolute Gasteiger partial charge is 0.382 e. The van der Waals surface area contributed by atoms with Gasteiger partial charge in [0.05, 0.1) is 0 Å². The molecule has 0 atom stereocenters. The third-order valence-corrected chi connectivity index (χ3v) is 4.72. The van der Waals surface area contributed by atoms with Gasteiger partial charge in [-0.15, -0.1) is 0 Å². The molecule has 4 heteroatoms. The number of alkyl halides is 2. The molecule has 20 heavy (non-hydrogen) atoms. The number of rotatable bonds is 6. The van der Waals surface area contributed by atoms with Crippen LogP contribution in [0, 0.1) is 5.92 Å².